The Morgan fingerprint density at radius 1 is 1.10 bits per heavy atom. The van der Waals surface area contributed by atoms with Gasteiger partial charge in [0.15, 0.2) is 0 Å². The van der Waals surface area contributed by atoms with E-state index in [4.69, 9.17) is 0 Å². The van der Waals surface area contributed by atoms with E-state index in [1.54, 1.807) is 0 Å². The fraction of sp³-hybridized carbons (Fsp3) is 0.294. The van der Waals surface area contributed by atoms with Gasteiger partial charge < -0.3 is 5.32 Å². The molecule has 0 spiro atoms. The van der Waals surface area contributed by atoms with Gasteiger partial charge in [0, 0.05) is 23.6 Å². The third-order valence-electron chi connectivity index (χ3n) is 3.91. The average Bonchev–Trinajstić information content (AvgIpc) is 3.21. The largest absolute Gasteiger partial charge is 0.307 e. The number of halogens is 2. The second-order valence-electron chi connectivity index (χ2n) is 5.41. The van der Waals surface area contributed by atoms with E-state index < -0.39 is 5.82 Å². The minimum atomic E-state index is -0.398. The highest BCUT2D eigenvalue weighted by Crippen LogP contribution is 2.42. The zero-order valence-corrected chi connectivity index (χ0v) is 11.3. The molecule has 1 fully saturated rings. The SMILES string of the molecule is CC(NC1CC1c1ccccc1)c1cc(F)ccc1F. The Hall–Kier alpha value is -1.74. The number of hydrogen-bond donors (Lipinski definition) is 1. The molecule has 2 aromatic carbocycles. The summed E-state index contributed by atoms with van der Waals surface area (Å²) in [5.41, 5.74) is 1.70. The maximum absolute atomic E-state index is 13.7. The third-order valence-corrected chi connectivity index (χ3v) is 3.91. The summed E-state index contributed by atoms with van der Waals surface area (Å²) < 4.78 is 26.9. The fourth-order valence-electron chi connectivity index (χ4n) is 2.71. The highest BCUT2D eigenvalue weighted by atomic mass is 19.1. The highest BCUT2D eigenvalue weighted by molar-refractivity contribution is 5.29. The van der Waals surface area contributed by atoms with Crippen molar-refractivity contribution in [2.75, 3.05) is 0 Å². The van der Waals surface area contributed by atoms with Crippen LogP contribution in [0.2, 0.25) is 0 Å². The van der Waals surface area contributed by atoms with Crippen molar-refractivity contribution in [2.24, 2.45) is 0 Å². The maximum Gasteiger partial charge on any atom is 0.128 e. The van der Waals surface area contributed by atoms with Crippen LogP contribution >= 0.6 is 0 Å². The first-order chi connectivity index (χ1) is 9.65. The van der Waals surface area contributed by atoms with Crippen LogP contribution in [0.1, 0.15) is 36.4 Å². The predicted molar refractivity (Wildman–Crippen MR) is 75.5 cm³/mol. The zero-order valence-electron chi connectivity index (χ0n) is 11.3. The Bertz CT molecular complexity index is 597. The molecule has 0 heterocycles. The van der Waals surface area contributed by atoms with Gasteiger partial charge in [0.2, 0.25) is 0 Å². The first-order valence-corrected chi connectivity index (χ1v) is 6.91. The minimum absolute atomic E-state index is 0.190. The molecule has 1 saturated carbocycles. The Morgan fingerprint density at radius 2 is 1.85 bits per heavy atom. The molecule has 0 bridgehead atoms. The average molecular weight is 273 g/mol. The van der Waals surface area contributed by atoms with Crippen molar-refractivity contribution in [3.63, 3.8) is 0 Å². The second kappa shape index (κ2) is 5.33. The van der Waals surface area contributed by atoms with E-state index in [0.717, 1.165) is 12.5 Å². The van der Waals surface area contributed by atoms with Gasteiger partial charge in [-0.05, 0) is 37.1 Å². The van der Waals surface area contributed by atoms with Crippen LogP contribution in [0.15, 0.2) is 48.5 Å². The summed E-state index contributed by atoms with van der Waals surface area (Å²) in [7, 11) is 0. The number of hydrogen-bond acceptors (Lipinski definition) is 1. The standard InChI is InChI=1S/C17H17F2N/c1-11(14-9-13(18)7-8-16(14)19)20-17-10-15(17)12-5-3-2-4-6-12/h2-9,11,15,17,20H,10H2,1H3. The van der Waals surface area contributed by atoms with E-state index >= 15 is 0 Å². The molecule has 1 N–H and O–H groups in total. The molecule has 3 atom stereocenters. The van der Waals surface area contributed by atoms with Crippen molar-refractivity contribution in [1.29, 1.82) is 0 Å². The number of nitrogens with one attached hydrogen (secondary N) is 1. The summed E-state index contributed by atoms with van der Waals surface area (Å²) in [6.45, 7) is 1.87. The zero-order chi connectivity index (χ0) is 14.1. The Kier molecular flexibility index (Phi) is 3.53. The van der Waals surface area contributed by atoms with Crippen LogP contribution in [0.5, 0.6) is 0 Å². The van der Waals surface area contributed by atoms with Crippen molar-refractivity contribution < 1.29 is 8.78 Å². The van der Waals surface area contributed by atoms with E-state index in [1.807, 2.05) is 25.1 Å². The topological polar surface area (TPSA) is 12.0 Å². The third kappa shape index (κ3) is 2.73. The Balaban J connectivity index is 1.66. The molecule has 3 rings (SSSR count). The summed E-state index contributed by atoms with van der Waals surface area (Å²) in [4.78, 5) is 0. The van der Waals surface area contributed by atoms with Crippen LogP contribution in [0, 0.1) is 11.6 Å². The summed E-state index contributed by atoms with van der Waals surface area (Å²) in [6.07, 6.45) is 1.05. The molecule has 1 aliphatic rings. The van der Waals surface area contributed by atoms with Crippen molar-refractivity contribution in [1.82, 2.24) is 5.32 Å². The molecule has 3 heteroatoms. The van der Waals surface area contributed by atoms with Crippen molar-refractivity contribution in [3.8, 4) is 0 Å². The summed E-state index contributed by atoms with van der Waals surface area (Å²) >= 11 is 0. The minimum Gasteiger partial charge on any atom is -0.307 e. The molecular weight excluding hydrogens is 256 g/mol. The predicted octanol–water partition coefficient (Wildman–Crippen LogP) is 4.17. The monoisotopic (exact) mass is 273 g/mol. The van der Waals surface area contributed by atoms with E-state index in [9.17, 15) is 8.78 Å². The van der Waals surface area contributed by atoms with Gasteiger partial charge in [-0.25, -0.2) is 8.78 Å². The molecule has 3 unspecified atom stereocenters. The lowest BCUT2D eigenvalue weighted by molar-refractivity contribution is 0.513. The normalized spacial score (nSPS) is 22.6. The number of rotatable bonds is 4. The summed E-state index contributed by atoms with van der Waals surface area (Å²) in [5.74, 6) is -0.274. The van der Waals surface area contributed by atoms with E-state index in [2.05, 4.69) is 17.4 Å². The van der Waals surface area contributed by atoms with Gasteiger partial charge >= 0.3 is 0 Å². The van der Waals surface area contributed by atoms with E-state index in [0.29, 0.717) is 17.5 Å². The molecule has 0 aliphatic heterocycles. The van der Waals surface area contributed by atoms with Gasteiger partial charge in [-0.3, -0.25) is 0 Å². The van der Waals surface area contributed by atoms with E-state index in [1.165, 1.54) is 17.7 Å². The first kappa shape index (κ1) is 13.3. The molecule has 104 valence electrons. The molecular formula is C17H17F2N. The summed E-state index contributed by atoms with van der Waals surface area (Å²) in [5, 5.41) is 3.38. The van der Waals surface area contributed by atoms with E-state index in [-0.39, 0.29) is 11.9 Å². The van der Waals surface area contributed by atoms with Crippen LogP contribution in [0.4, 0.5) is 8.78 Å². The lowest BCUT2D eigenvalue weighted by atomic mass is 10.1. The van der Waals surface area contributed by atoms with Gasteiger partial charge in [-0.2, -0.15) is 0 Å². The molecule has 0 amide bonds. The molecule has 0 saturated heterocycles. The quantitative estimate of drug-likeness (QED) is 0.881. The molecule has 2 aromatic rings. The van der Waals surface area contributed by atoms with Crippen molar-refractivity contribution in [3.05, 3.63) is 71.3 Å². The second-order valence-corrected chi connectivity index (χ2v) is 5.41. The van der Waals surface area contributed by atoms with Gasteiger partial charge in [0.25, 0.3) is 0 Å². The van der Waals surface area contributed by atoms with Gasteiger partial charge in [-0.15, -0.1) is 0 Å². The molecule has 0 aromatic heterocycles. The molecule has 1 nitrogen and oxygen atoms in total. The molecule has 1 aliphatic carbocycles. The fourth-order valence-corrected chi connectivity index (χ4v) is 2.71. The molecule has 20 heavy (non-hydrogen) atoms. The van der Waals surface area contributed by atoms with Crippen LogP contribution in [-0.4, -0.2) is 6.04 Å². The summed E-state index contributed by atoms with van der Waals surface area (Å²) in [6, 6.07) is 14.0. The Morgan fingerprint density at radius 3 is 2.60 bits per heavy atom. The van der Waals surface area contributed by atoms with Gasteiger partial charge in [0.05, 0.1) is 0 Å². The van der Waals surface area contributed by atoms with Crippen LogP contribution in [0.3, 0.4) is 0 Å². The maximum atomic E-state index is 13.7. The molecule has 0 radical (unpaired) electrons. The van der Waals surface area contributed by atoms with Crippen molar-refractivity contribution >= 4 is 0 Å². The smallest absolute Gasteiger partial charge is 0.128 e. The lowest BCUT2D eigenvalue weighted by Gasteiger charge is -2.15. The highest BCUT2D eigenvalue weighted by Gasteiger charge is 2.39. The first-order valence-electron chi connectivity index (χ1n) is 6.91. The van der Waals surface area contributed by atoms with Gasteiger partial charge in [0.1, 0.15) is 11.6 Å². The van der Waals surface area contributed by atoms with Crippen LogP contribution < -0.4 is 5.32 Å². The van der Waals surface area contributed by atoms with Crippen LogP contribution in [-0.2, 0) is 0 Å². The van der Waals surface area contributed by atoms with Crippen molar-refractivity contribution in [2.45, 2.75) is 31.3 Å². The van der Waals surface area contributed by atoms with Gasteiger partial charge in [-0.1, -0.05) is 30.3 Å². The van der Waals surface area contributed by atoms with Crippen LogP contribution in [0.25, 0.3) is 0 Å². The lowest BCUT2D eigenvalue weighted by Crippen LogP contribution is -2.23. The number of benzene rings is 2. The Labute approximate surface area is 117 Å².